The molecule has 0 unspecified atom stereocenters. The average molecular weight is 338 g/mol. The molecule has 0 saturated carbocycles. The highest BCUT2D eigenvalue weighted by Gasteiger charge is 2.09. The van der Waals surface area contributed by atoms with Gasteiger partial charge in [0.25, 0.3) is 5.91 Å². The molecule has 0 aliphatic heterocycles. The van der Waals surface area contributed by atoms with Gasteiger partial charge in [-0.25, -0.2) is 5.43 Å². The summed E-state index contributed by atoms with van der Waals surface area (Å²) in [6.45, 7) is 6.18. The first-order valence-corrected chi connectivity index (χ1v) is 8.64. The molecule has 0 spiro atoms. The number of carbonyl (C=O) groups excluding carboxylic acids is 1. The van der Waals surface area contributed by atoms with E-state index in [2.05, 4.69) is 48.6 Å². The topological polar surface area (TPSA) is 50.7 Å². The van der Waals surface area contributed by atoms with Crippen LogP contribution >= 0.6 is 0 Å². The number of benzene rings is 2. The minimum atomic E-state index is -0.257. The second kappa shape index (κ2) is 9.62. The zero-order valence-electron chi connectivity index (χ0n) is 15.2. The molecule has 4 heteroatoms. The normalized spacial score (nSPS) is 11.0. The van der Waals surface area contributed by atoms with E-state index in [9.17, 15) is 4.79 Å². The Labute approximate surface area is 149 Å². The molecule has 1 amide bonds. The number of hydrogen-bond acceptors (Lipinski definition) is 3. The lowest BCUT2D eigenvalue weighted by atomic mass is 10.0. The summed E-state index contributed by atoms with van der Waals surface area (Å²) in [6.07, 6.45) is 3.40. The van der Waals surface area contributed by atoms with Gasteiger partial charge in [-0.05, 0) is 48.4 Å². The summed E-state index contributed by atoms with van der Waals surface area (Å²) in [5.74, 6) is 0.847. The van der Waals surface area contributed by atoms with Gasteiger partial charge in [0.2, 0.25) is 0 Å². The summed E-state index contributed by atoms with van der Waals surface area (Å²) in [6, 6.07) is 16.3. The highest BCUT2D eigenvalue weighted by molar-refractivity contribution is 5.78. The molecule has 2 aromatic rings. The average Bonchev–Trinajstić information content (AvgIpc) is 2.60. The molecule has 0 radical (unpaired) electrons. The molecule has 0 heterocycles. The van der Waals surface area contributed by atoms with Crippen LogP contribution in [0.15, 0.2) is 53.6 Å². The number of amides is 1. The third-order valence-corrected chi connectivity index (χ3v) is 3.84. The minimum absolute atomic E-state index is 0.0425. The number of nitrogens with one attached hydrogen (secondary N) is 1. The van der Waals surface area contributed by atoms with Crippen LogP contribution in [-0.2, 0) is 11.2 Å². The van der Waals surface area contributed by atoms with Crippen LogP contribution in [0.3, 0.4) is 0 Å². The van der Waals surface area contributed by atoms with E-state index in [1.165, 1.54) is 5.56 Å². The smallest absolute Gasteiger partial charge is 0.277 e. The van der Waals surface area contributed by atoms with Gasteiger partial charge in [-0.3, -0.25) is 4.79 Å². The molecule has 2 rings (SSSR count). The van der Waals surface area contributed by atoms with Crippen molar-refractivity contribution in [2.45, 2.75) is 39.5 Å². The summed E-state index contributed by atoms with van der Waals surface area (Å²) < 4.78 is 5.68. The first-order valence-electron chi connectivity index (χ1n) is 8.64. The molecule has 2 aromatic carbocycles. The Kier molecular flexibility index (Phi) is 7.20. The van der Waals surface area contributed by atoms with Crippen LogP contribution in [0.5, 0.6) is 5.75 Å². The largest absolute Gasteiger partial charge is 0.483 e. The van der Waals surface area contributed by atoms with Crippen molar-refractivity contribution in [2.24, 2.45) is 5.10 Å². The van der Waals surface area contributed by atoms with E-state index in [0.717, 1.165) is 29.7 Å². The Hall–Kier alpha value is -2.62. The highest BCUT2D eigenvalue weighted by Crippen LogP contribution is 2.27. The number of carbonyl (C=O) groups is 1. The van der Waals surface area contributed by atoms with E-state index in [0.29, 0.717) is 5.92 Å². The van der Waals surface area contributed by atoms with Crippen molar-refractivity contribution in [3.8, 4) is 5.75 Å². The first-order chi connectivity index (χ1) is 12.1. The van der Waals surface area contributed by atoms with Crippen LogP contribution in [0.1, 0.15) is 42.9 Å². The van der Waals surface area contributed by atoms with E-state index >= 15 is 0 Å². The lowest BCUT2D eigenvalue weighted by Crippen LogP contribution is -2.24. The molecule has 132 valence electrons. The van der Waals surface area contributed by atoms with Gasteiger partial charge in [0, 0.05) is 6.21 Å². The van der Waals surface area contributed by atoms with E-state index in [1.54, 1.807) is 6.21 Å². The molecule has 25 heavy (non-hydrogen) atoms. The SMILES string of the molecule is Cc1ccc(C(C)C)c(OCC(=O)NN=CCCc2ccccc2)c1. The van der Waals surface area contributed by atoms with Crippen molar-refractivity contribution >= 4 is 12.1 Å². The molecule has 1 N–H and O–H groups in total. The summed E-state index contributed by atoms with van der Waals surface area (Å²) >= 11 is 0. The highest BCUT2D eigenvalue weighted by atomic mass is 16.5. The fraction of sp³-hybridized carbons (Fsp3) is 0.333. The molecular weight excluding hydrogens is 312 g/mol. The Balaban J connectivity index is 1.75. The molecular formula is C21H26N2O2. The number of ether oxygens (including phenoxy) is 1. The number of hydrogen-bond donors (Lipinski definition) is 1. The van der Waals surface area contributed by atoms with Crippen LogP contribution in [0.4, 0.5) is 0 Å². The Morgan fingerprint density at radius 3 is 2.68 bits per heavy atom. The van der Waals surface area contributed by atoms with Crippen LogP contribution in [0.2, 0.25) is 0 Å². The molecule has 4 nitrogen and oxygen atoms in total. The second-order valence-electron chi connectivity index (χ2n) is 6.36. The van der Waals surface area contributed by atoms with Crippen molar-refractivity contribution < 1.29 is 9.53 Å². The summed E-state index contributed by atoms with van der Waals surface area (Å²) in [4.78, 5) is 11.9. The lowest BCUT2D eigenvalue weighted by molar-refractivity contribution is -0.123. The fourth-order valence-electron chi connectivity index (χ4n) is 2.48. The number of nitrogens with zero attached hydrogens (tertiary/aromatic N) is 1. The monoisotopic (exact) mass is 338 g/mol. The summed E-state index contributed by atoms with van der Waals surface area (Å²) in [7, 11) is 0. The molecule has 0 saturated heterocycles. The van der Waals surface area contributed by atoms with Gasteiger partial charge in [0.05, 0.1) is 0 Å². The van der Waals surface area contributed by atoms with Crippen molar-refractivity contribution in [3.63, 3.8) is 0 Å². The van der Waals surface area contributed by atoms with E-state index in [1.807, 2.05) is 31.2 Å². The summed E-state index contributed by atoms with van der Waals surface area (Å²) in [5.41, 5.74) is 5.97. The second-order valence-corrected chi connectivity index (χ2v) is 6.36. The quantitative estimate of drug-likeness (QED) is 0.578. The van der Waals surface area contributed by atoms with Crippen molar-refractivity contribution in [2.75, 3.05) is 6.61 Å². The Morgan fingerprint density at radius 1 is 1.20 bits per heavy atom. The molecule has 0 atom stereocenters. The van der Waals surface area contributed by atoms with E-state index in [-0.39, 0.29) is 12.5 Å². The van der Waals surface area contributed by atoms with Crippen LogP contribution < -0.4 is 10.2 Å². The van der Waals surface area contributed by atoms with Crippen molar-refractivity contribution in [1.82, 2.24) is 5.43 Å². The lowest BCUT2D eigenvalue weighted by Gasteiger charge is -2.14. The van der Waals surface area contributed by atoms with Gasteiger partial charge in [-0.2, -0.15) is 5.10 Å². The zero-order chi connectivity index (χ0) is 18.1. The van der Waals surface area contributed by atoms with Crippen molar-refractivity contribution in [1.29, 1.82) is 0 Å². The van der Waals surface area contributed by atoms with E-state index < -0.39 is 0 Å². The third kappa shape index (κ3) is 6.42. The Bertz CT molecular complexity index is 709. The fourth-order valence-corrected chi connectivity index (χ4v) is 2.48. The first kappa shape index (κ1) is 18.7. The zero-order valence-corrected chi connectivity index (χ0v) is 15.2. The van der Waals surface area contributed by atoms with Gasteiger partial charge < -0.3 is 4.74 Å². The molecule has 0 aromatic heterocycles. The van der Waals surface area contributed by atoms with Crippen LogP contribution in [-0.4, -0.2) is 18.7 Å². The van der Waals surface area contributed by atoms with E-state index in [4.69, 9.17) is 4.74 Å². The molecule has 0 fully saturated rings. The third-order valence-electron chi connectivity index (χ3n) is 3.84. The maximum atomic E-state index is 11.9. The maximum Gasteiger partial charge on any atom is 0.277 e. The van der Waals surface area contributed by atoms with Gasteiger partial charge in [0.15, 0.2) is 6.61 Å². The van der Waals surface area contributed by atoms with Crippen LogP contribution in [0.25, 0.3) is 0 Å². The van der Waals surface area contributed by atoms with Gasteiger partial charge >= 0.3 is 0 Å². The number of aryl methyl sites for hydroxylation is 2. The van der Waals surface area contributed by atoms with Crippen molar-refractivity contribution in [3.05, 3.63) is 65.2 Å². The minimum Gasteiger partial charge on any atom is -0.483 e. The summed E-state index contributed by atoms with van der Waals surface area (Å²) in [5, 5.41) is 3.97. The molecule has 0 aliphatic carbocycles. The standard InChI is InChI=1S/C21H26N2O2/c1-16(2)19-12-11-17(3)14-20(19)25-15-21(24)23-22-13-7-10-18-8-5-4-6-9-18/h4-6,8-9,11-14,16H,7,10,15H2,1-3H3,(H,23,24). The van der Waals surface area contributed by atoms with Gasteiger partial charge in [0.1, 0.15) is 5.75 Å². The van der Waals surface area contributed by atoms with Gasteiger partial charge in [-0.1, -0.05) is 56.3 Å². The predicted molar refractivity (Wildman–Crippen MR) is 102 cm³/mol. The predicted octanol–water partition coefficient (Wildman–Crippen LogP) is 4.23. The Morgan fingerprint density at radius 2 is 1.96 bits per heavy atom. The van der Waals surface area contributed by atoms with Gasteiger partial charge in [-0.15, -0.1) is 0 Å². The molecule has 0 aliphatic rings. The number of rotatable bonds is 8. The maximum absolute atomic E-state index is 11.9. The number of hydrazone groups is 1. The van der Waals surface area contributed by atoms with Crippen LogP contribution in [0, 0.1) is 6.92 Å². The molecule has 0 bridgehead atoms.